The fraction of sp³-hybridized carbons (Fsp3) is 0.909. The van der Waals surface area contributed by atoms with E-state index in [4.69, 9.17) is 4.74 Å². The second-order valence-electron chi connectivity index (χ2n) is 3.48. The lowest BCUT2D eigenvalue weighted by atomic mass is 10.4. The average Bonchev–Trinajstić information content (AvgIpc) is 2.31. The van der Waals surface area contributed by atoms with E-state index in [1.807, 2.05) is 6.92 Å². The molecule has 0 spiro atoms. The predicted octanol–water partition coefficient (Wildman–Crippen LogP) is 0.871. The lowest BCUT2D eigenvalue weighted by Crippen LogP contribution is -2.36. The zero-order valence-electron chi connectivity index (χ0n) is 10.2. The maximum Gasteiger partial charge on any atom is 0.219 e. The van der Waals surface area contributed by atoms with Gasteiger partial charge in [-0.1, -0.05) is 13.8 Å². The molecule has 0 atom stereocenters. The summed E-state index contributed by atoms with van der Waals surface area (Å²) < 4.78 is 5.20. The summed E-state index contributed by atoms with van der Waals surface area (Å²) in [5.41, 5.74) is 0. The number of nitrogens with one attached hydrogen (secondary N) is 1. The minimum Gasteiger partial charge on any atom is -0.379 e. The van der Waals surface area contributed by atoms with E-state index in [-0.39, 0.29) is 5.91 Å². The van der Waals surface area contributed by atoms with Gasteiger partial charge < -0.3 is 10.1 Å². The Kier molecular flexibility index (Phi) is 9.52. The van der Waals surface area contributed by atoms with Crippen LogP contribution in [-0.2, 0) is 9.53 Å². The molecule has 0 bridgehead atoms. The molecule has 1 fully saturated rings. The first kappa shape index (κ1) is 14.4. The largest absolute Gasteiger partial charge is 0.379 e. The molecule has 1 saturated heterocycles. The van der Waals surface area contributed by atoms with Gasteiger partial charge in [0.2, 0.25) is 5.91 Å². The van der Waals surface area contributed by atoms with Crippen molar-refractivity contribution in [2.45, 2.75) is 26.7 Å². The number of carbonyl (C=O) groups excluding carboxylic acids is 1. The number of carbonyl (C=O) groups is 1. The highest BCUT2D eigenvalue weighted by Crippen LogP contribution is 1.96. The normalized spacial score (nSPS) is 16.5. The average molecular weight is 216 g/mol. The standard InChI is InChI=1S/C7H15NO.C4H9NO/c1-2-3-8-4-6-9-7-5-8;1-3-4(6)5-2/h2-7H2,1H3;3H2,1-2H3,(H,5,6). The summed E-state index contributed by atoms with van der Waals surface area (Å²) >= 11 is 0. The van der Waals surface area contributed by atoms with E-state index >= 15 is 0 Å². The third-order valence-electron chi connectivity index (χ3n) is 2.24. The summed E-state index contributed by atoms with van der Waals surface area (Å²) in [7, 11) is 1.63. The lowest BCUT2D eigenvalue weighted by molar-refractivity contribution is -0.120. The minimum absolute atomic E-state index is 0.0926. The number of hydrogen-bond donors (Lipinski definition) is 1. The fourth-order valence-corrected chi connectivity index (χ4v) is 1.32. The molecule has 0 unspecified atom stereocenters. The maximum absolute atomic E-state index is 10.1. The molecule has 0 aromatic carbocycles. The van der Waals surface area contributed by atoms with Gasteiger partial charge in [0.15, 0.2) is 0 Å². The Hall–Kier alpha value is -0.610. The highest BCUT2D eigenvalue weighted by atomic mass is 16.5. The highest BCUT2D eigenvalue weighted by Gasteiger charge is 2.07. The molecule has 4 heteroatoms. The summed E-state index contributed by atoms with van der Waals surface area (Å²) in [4.78, 5) is 12.5. The van der Waals surface area contributed by atoms with Crippen LogP contribution in [0.5, 0.6) is 0 Å². The van der Waals surface area contributed by atoms with Crippen LogP contribution in [0.25, 0.3) is 0 Å². The van der Waals surface area contributed by atoms with Gasteiger partial charge in [-0.15, -0.1) is 0 Å². The first-order valence-corrected chi connectivity index (χ1v) is 5.75. The zero-order valence-corrected chi connectivity index (χ0v) is 10.2. The molecule has 1 aliphatic rings. The summed E-state index contributed by atoms with van der Waals surface area (Å²) in [6.07, 6.45) is 1.84. The van der Waals surface area contributed by atoms with E-state index < -0.39 is 0 Å². The Morgan fingerprint density at radius 2 is 1.93 bits per heavy atom. The second kappa shape index (κ2) is 9.93. The van der Waals surface area contributed by atoms with Crippen molar-refractivity contribution in [2.75, 3.05) is 39.9 Å². The summed E-state index contributed by atoms with van der Waals surface area (Å²) in [6, 6.07) is 0. The van der Waals surface area contributed by atoms with Crippen LogP contribution >= 0.6 is 0 Å². The van der Waals surface area contributed by atoms with Crippen molar-refractivity contribution < 1.29 is 9.53 Å². The summed E-state index contributed by atoms with van der Waals surface area (Å²) in [6.45, 7) is 9.40. The number of ether oxygens (including phenoxy) is 1. The molecule has 1 heterocycles. The number of hydrogen-bond acceptors (Lipinski definition) is 3. The summed E-state index contributed by atoms with van der Waals surface area (Å²) in [5.74, 6) is 0.0926. The van der Waals surface area contributed by atoms with Crippen molar-refractivity contribution in [3.63, 3.8) is 0 Å². The second-order valence-corrected chi connectivity index (χ2v) is 3.48. The third kappa shape index (κ3) is 8.39. The third-order valence-corrected chi connectivity index (χ3v) is 2.24. The van der Waals surface area contributed by atoms with Gasteiger partial charge in [0.25, 0.3) is 0 Å². The van der Waals surface area contributed by atoms with Gasteiger partial charge in [0.05, 0.1) is 13.2 Å². The predicted molar refractivity (Wildman–Crippen MR) is 61.9 cm³/mol. The van der Waals surface area contributed by atoms with Gasteiger partial charge in [-0.3, -0.25) is 9.69 Å². The van der Waals surface area contributed by atoms with Crippen LogP contribution in [0.2, 0.25) is 0 Å². The van der Waals surface area contributed by atoms with E-state index in [9.17, 15) is 4.79 Å². The van der Waals surface area contributed by atoms with E-state index in [0.29, 0.717) is 6.42 Å². The van der Waals surface area contributed by atoms with Crippen molar-refractivity contribution in [1.82, 2.24) is 10.2 Å². The van der Waals surface area contributed by atoms with Crippen LogP contribution in [0.15, 0.2) is 0 Å². The minimum atomic E-state index is 0.0926. The van der Waals surface area contributed by atoms with Gasteiger partial charge in [0, 0.05) is 26.6 Å². The SMILES string of the molecule is CCC(=O)NC.CCCN1CCOCC1. The van der Waals surface area contributed by atoms with Crippen molar-refractivity contribution in [3.8, 4) is 0 Å². The van der Waals surface area contributed by atoms with Gasteiger partial charge in [0.1, 0.15) is 0 Å². The fourth-order valence-electron chi connectivity index (χ4n) is 1.32. The van der Waals surface area contributed by atoms with E-state index in [1.165, 1.54) is 13.0 Å². The molecule has 0 radical (unpaired) electrons. The molecule has 0 aromatic rings. The Morgan fingerprint density at radius 1 is 1.33 bits per heavy atom. The van der Waals surface area contributed by atoms with Gasteiger partial charge in [-0.05, 0) is 13.0 Å². The molecule has 1 rings (SSSR count). The van der Waals surface area contributed by atoms with Gasteiger partial charge in [-0.2, -0.15) is 0 Å². The molecular weight excluding hydrogens is 192 g/mol. The lowest BCUT2D eigenvalue weighted by Gasteiger charge is -2.25. The molecule has 0 aliphatic carbocycles. The molecule has 90 valence electrons. The smallest absolute Gasteiger partial charge is 0.219 e. The van der Waals surface area contributed by atoms with Crippen LogP contribution in [0.1, 0.15) is 26.7 Å². The van der Waals surface area contributed by atoms with Crippen LogP contribution in [0.4, 0.5) is 0 Å². The maximum atomic E-state index is 10.1. The van der Waals surface area contributed by atoms with Gasteiger partial charge >= 0.3 is 0 Å². The number of amides is 1. The van der Waals surface area contributed by atoms with Crippen LogP contribution in [0, 0.1) is 0 Å². The Morgan fingerprint density at radius 3 is 2.27 bits per heavy atom. The van der Waals surface area contributed by atoms with E-state index in [1.54, 1.807) is 7.05 Å². The van der Waals surface area contributed by atoms with Crippen LogP contribution in [-0.4, -0.2) is 50.7 Å². The number of morpholine rings is 1. The Labute approximate surface area is 93.0 Å². The molecule has 1 N–H and O–H groups in total. The number of rotatable bonds is 3. The van der Waals surface area contributed by atoms with Crippen molar-refractivity contribution in [1.29, 1.82) is 0 Å². The van der Waals surface area contributed by atoms with Crippen molar-refractivity contribution >= 4 is 5.91 Å². The van der Waals surface area contributed by atoms with Crippen molar-refractivity contribution in [2.24, 2.45) is 0 Å². The topological polar surface area (TPSA) is 41.6 Å². The first-order valence-electron chi connectivity index (χ1n) is 5.75. The van der Waals surface area contributed by atoms with E-state index in [2.05, 4.69) is 17.1 Å². The Bertz CT molecular complexity index is 148. The molecule has 1 amide bonds. The molecular formula is C11H24N2O2. The molecule has 0 aromatic heterocycles. The zero-order chi connectivity index (χ0) is 11.5. The molecule has 0 saturated carbocycles. The highest BCUT2D eigenvalue weighted by molar-refractivity contribution is 5.74. The monoisotopic (exact) mass is 216 g/mol. The Balaban J connectivity index is 0.000000288. The van der Waals surface area contributed by atoms with Crippen LogP contribution < -0.4 is 5.32 Å². The quantitative estimate of drug-likeness (QED) is 0.761. The number of nitrogens with zero attached hydrogens (tertiary/aromatic N) is 1. The molecule has 15 heavy (non-hydrogen) atoms. The first-order chi connectivity index (χ1) is 7.24. The molecule has 4 nitrogen and oxygen atoms in total. The summed E-state index contributed by atoms with van der Waals surface area (Å²) in [5, 5.41) is 2.48. The van der Waals surface area contributed by atoms with Crippen LogP contribution in [0.3, 0.4) is 0 Å². The van der Waals surface area contributed by atoms with Crippen molar-refractivity contribution in [3.05, 3.63) is 0 Å². The molecule has 1 aliphatic heterocycles. The van der Waals surface area contributed by atoms with E-state index in [0.717, 1.165) is 26.3 Å². The van der Waals surface area contributed by atoms with Gasteiger partial charge in [-0.25, -0.2) is 0 Å².